The number of rotatable bonds is 7. The van der Waals surface area contributed by atoms with E-state index in [0.717, 1.165) is 17.7 Å². The number of amides is 2. The number of hydrogen-bond donors (Lipinski definition) is 2. The lowest BCUT2D eigenvalue weighted by atomic mass is 9.76. The third-order valence-electron chi connectivity index (χ3n) is 5.74. The van der Waals surface area contributed by atoms with Crippen LogP contribution in [0, 0.1) is 6.92 Å². The molecule has 2 aromatic rings. The number of nitrogens with one attached hydrogen (secondary N) is 2. The number of methoxy groups -OCH3 is 1. The molecule has 0 bridgehead atoms. The Kier molecular flexibility index (Phi) is 6.08. The molecule has 2 saturated heterocycles. The summed E-state index contributed by atoms with van der Waals surface area (Å²) in [6, 6.07) is 11.1. The van der Waals surface area contributed by atoms with Crippen LogP contribution in [0.5, 0.6) is 11.5 Å². The van der Waals surface area contributed by atoms with Gasteiger partial charge in [-0.25, -0.2) is 4.98 Å². The summed E-state index contributed by atoms with van der Waals surface area (Å²) >= 11 is 0. The molecule has 0 radical (unpaired) electrons. The molecule has 2 aliphatic heterocycles. The van der Waals surface area contributed by atoms with E-state index in [2.05, 4.69) is 15.6 Å². The number of nitrogens with zero attached hydrogens (tertiary/aromatic N) is 1. The molecule has 0 spiro atoms. The van der Waals surface area contributed by atoms with Crippen molar-refractivity contribution >= 4 is 17.6 Å². The van der Waals surface area contributed by atoms with Crippen molar-refractivity contribution in [2.24, 2.45) is 0 Å². The summed E-state index contributed by atoms with van der Waals surface area (Å²) < 4.78 is 17.0. The summed E-state index contributed by atoms with van der Waals surface area (Å²) in [6.45, 7) is 3.44. The van der Waals surface area contributed by atoms with Crippen LogP contribution in [0.1, 0.15) is 30.5 Å². The number of aromatic nitrogens is 1. The molecule has 3 heterocycles. The summed E-state index contributed by atoms with van der Waals surface area (Å²) in [6.07, 6.45) is 1.13. The summed E-state index contributed by atoms with van der Waals surface area (Å²) in [7, 11) is 1.59. The number of carbonyl (C=O) groups is 2. The van der Waals surface area contributed by atoms with E-state index in [1.807, 2.05) is 37.3 Å². The minimum absolute atomic E-state index is 0.0425. The van der Waals surface area contributed by atoms with Crippen LogP contribution in [-0.2, 0) is 19.7 Å². The fourth-order valence-corrected chi connectivity index (χ4v) is 4.12. The van der Waals surface area contributed by atoms with Gasteiger partial charge in [-0.1, -0.05) is 12.1 Å². The van der Waals surface area contributed by atoms with Crippen molar-refractivity contribution in [1.29, 1.82) is 0 Å². The normalized spacial score (nSPS) is 22.8. The minimum Gasteiger partial charge on any atom is -0.493 e. The molecule has 1 unspecified atom stereocenters. The highest BCUT2D eigenvalue weighted by Crippen LogP contribution is 2.40. The average molecular weight is 425 g/mol. The maximum absolute atomic E-state index is 12.9. The number of pyridine rings is 1. The smallest absolute Gasteiger partial charge is 0.226 e. The molecule has 2 N–H and O–H groups in total. The molecule has 2 atom stereocenters. The van der Waals surface area contributed by atoms with Gasteiger partial charge in [-0.3, -0.25) is 9.59 Å². The van der Waals surface area contributed by atoms with Crippen molar-refractivity contribution in [3.8, 4) is 11.5 Å². The first-order valence-electron chi connectivity index (χ1n) is 10.4. The fourth-order valence-electron chi connectivity index (χ4n) is 4.12. The van der Waals surface area contributed by atoms with Crippen LogP contribution >= 0.6 is 0 Å². The molecule has 1 aromatic heterocycles. The third kappa shape index (κ3) is 4.80. The summed E-state index contributed by atoms with van der Waals surface area (Å²) in [4.78, 5) is 29.4. The van der Waals surface area contributed by atoms with Crippen molar-refractivity contribution < 1.29 is 23.8 Å². The molecule has 1 aromatic carbocycles. The standard InChI is InChI=1S/C23H27N3O5/c1-15-4-3-5-20(25-15)26-22(28)12-23(11-21(27)24-14-23)16-6-7-18(29-2)19(10-16)31-17-8-9-30-13-17/h3-7,10,17H,8-9,11-14H2,1-2H3,(H,24,27)(H,25,26,28)/t17-,23?/m1/s1. The molecule has 2 aliphatic rings. The number of hydrogen-bond acceptors (Lipinski definition) is 6. The molecule has 0 saturated carbocycles. The maximum Gasteiger partial charge on any atom is 0.226 e. The van der Waals surface area contributed by atoms with Gasteiger partial charge >= 0.3 is 0 Å². The van der Waals surface area contributed by atoms with Gasteiger partial charge in [-0.15, -0.1) is 0 Å². The Labute approximate surface area is 181 Å². The Balaban J connectivity index is 1.59. The summed E-state index contributed by atoms with van der Waals surface area (Å²) in [5.41, 5.74) is 0.993. The molecule has 31 heavy (non-hydrogen) atoms. The second kappa shape index (κ2) is 8.93. The second-order valence-electron chi connectivity index (χ2n) is 8.09. The SMILES string of the molecule is COc1ccc(C2(CC(=O)Nc3cccc(C)n3)CNC(=O)C2)cc1O[C@@H]1CCOC1. The van der Waals surface area contributed by atoms with E-state index < -0.39 is 5.41 Å². The van der Waals surface area contributed by atoms with Gasteiger partial charge < -0.3 is 24.8 Å². The topological polar surface area (TPSA) is 98.8 Å². The van der Waals surface area contributed by atoms with Crippen LogP contribution in [-0.4, -0.2) is 49.8 Å². The number of aryl methyl sites for hydroxylation is 1. The van der Waals surface area contributed by atoms with E-state index >= 15 is 0 Å². The molecule has 0 aliphatic carbocycles. The van der Waals surface area contributed by atoms with E-state index in [4.69, 9.17) is 14.2 Å². The minimum atomic E-state index is -0.679. The van der Waals surface area contributed by atoms with Crippen molar-refractivity contribution in [1.82, 2.24) is 10.3 Å². The zero-order valence-electron chi connectivity index (χ0n) is 17.8. The van der Waals surface area contributed by atoms with Gasteiger partial charge in [0, 0.05) is 36.9 Å². The van der Waals surface area contributed by atoms with Gasteiger partial charge in [0.2, 0.25) is 11.8 Å². The molecule has 8 nitrogen and oxygen atoms in total. The first-order valence-corrected chi connectivity index (χ1v) is 10.4. The van der Waals surface area contributed by atoms with Crippen molar-refractivity contribution in [3.05, 3.63) is 47.7 Å². The lowest BCUT2D eigenvalue weighted by Gasteiger charge is -2.28. The van der Waals surface area contributed by atoms with Gasteiger partial charge in [0.05, 0.1) is 20.3 Å². The van der Waals surface area contributed by atoms with E-state index in [1.165, 1.54) is 0 Å². The quantitative estimate of drug-likeness (QED) is 0.707. The van der Waals surface area contributed by atoms with E-state index in [-0.39, 0.29) is 30.8 Å². The van der Waals surface area contributed by atoms with Gasteiger partial charge in [-0.2, -0.15) is 0 Å². The Morgan fingerprint density at radius 3 is 2.87 bits per heavy atom. The molecule has 8 heteroatoms. The lowest BCUT2D eigenvalue weighted by molar-refractivity contribution is -0.119. The first kappa shape index (κ1) is 21.1. The summed E-state index contributed by atoms with van der Waals surface area (Å²) in [5, 5.41) is 5.74. The van der Waals surface area contributed by atoms with Crippen LogP contribution in [0.15, 0.2) is 36.4 Å². The Hall–Kier alpha value is -3.13. The largest absolute Gasteiger partial charge is 0.493 e. The molecule has 4 rings (SSSR count). The lowest BCUT2D eigenvalue weighted by Crippen LogP contribution is -2.34. The zero-order valence-corrected chi connectivity index (χ0v) is 17.8. The molecular formula is C23H27N3O5. The third-order valence-corrected chi connectivity index (χ3v) is 5.74. The number of carbonyl (C=O) groups excluding carboxylic acids is 2. The molecule has 164 valence electrons. The van der Waals surface area contributed by atoms with Crippen molar-refractivity contribution in [2.75, 3.05) is 32.2 Å². The maximum atomic E-state index is 12.9. The monoisotopic (exact) mass is 425 g/mol. The molecule has 2 fully saturated rings. The second-order valence-corrected chi connectivity index (χ2v) is 8.09. The van der Waals surface area contributed by atoms with Crippen LogP contribution < -0.4 is 20.1 Å². The summed E-state index contributed by atoms with van der Waals surface area (Å²) in [5.74, 6) is 1.42. The van der Waals surface area contributed by atoms with Gasteiger partial charge in [-0.05, 0) is 36.8 Å². The van der Waals surface area contributed by atoms with Gasteiger partial charge in [0.15, 0.2) is 11.5 Å². The zero-order chi connectivity index (χ0) is 21.8. The fraction of sp³-hybridized carbons (Fsp3) is 0.435. The predicted molar refractivity (Wildman–Crippen MR) is 114 cm³/mol. The van der Waals surface area contributed by atoms with Crippen LogP contribution in [0.2, 0.25) is 0 Å². The Bertz CT molecular complexity index is 973. The van der Waals surface area contributed by atoms with Crippen molar-refractivity contribution in [2.45, 2.75) is 37.7 Å². The van der Waals surface area contributed by atoms with E-state index in [9.17, 15) is 9.59 Å². The van der Waals surface area contributed by atoms with E-state index in [0.29, 0.717) is 37.1 Å². The number of benzene rings is 1. The number of anilines is 1. The van der Waals surface area contributed by atoms with E-state index in [1.54, 1.807) is 13.2 Å². The Morgan fingerprint density at radius 1 is 1.32 bits per heavy atom. The average Bonchev–Trinajstić information content (AvgIpc) is 3.38. The van der Waals surface area contributed by atoms with Crippen LogP contribution in [0.25, 0.3) is 0 Å². The Morgan fingerprint density at radius 2 is 2.19 bits per heavy atom. The predicted octanol–water partition coefficient (Wildman–Crippen LogP) is 2.35. The van der Waals surface area contributed by atoms with Gasteiger partial charge in [0.1, 0.15) is 11.9 Å². The van der Waals surface area contributed by atoms with Crippen LogP contribution in [0.4, 0.5) is 5.82 Å². The highest BCUT2D eigenvalue weighted by Gasteiger charge is 2.42. The highest BCUT2D eigenvalue weighted by atomic mass is 16.6. The number of ether oxygens (including phenoxy) is 3. The molecule has 2 amide bonds. The van der Waals surface area contributed by atoms with Crippen molar-refractivity contribution in [3.63, 3.8) is 0 Å². The molecular weight excluding hydrogens is 398 g/mol. The van der Waals surface area contributed by atoms with Crippen LogP contribution in [0.3, 0.4) is 0 Å². The highest BCUT2D eigenvalue weighted by molar-refractivity contribution is 5.92. The first-order chi connectivity index (χ1) is 15.0. The van der Waals surface area contributed by atoms with Gasteiger partial charge in [0.25, 0.3) is 0 Å².